The molecule has 86 valence electrons. The molecule has 0 saturated heterocycles. The van der Waals surface area contributed by atoms with E-state index in [0.29, 0.717) is 0 Å². The van der Waals surface area contributed by atoms with Gasteiger partial charge >= 0.3 is 0 Å². The molecule has 0 aromatic carbocycles. The van der Waals surface area contributed by atoms with Crippen molar-refractivity contribution in [2.45, 2.75) is 11.3 Å². The second kappa shape index (κ2) is 4.56. The number of sulfonamides is 1. The maximum atomic E-state index is 12.4. The number of halogens is 3. The molecule has 0 saturated carbocycles. The van der Waals surface area contributed by atoms with Gasteiger partial charge < -0.3 is 0 Å². The molecule has 0 atom stereocenters. The Labute approximate surface area is 103 Å². The quantitative estimate of drug-likeness (QED) is 0.801. The molecule has 16 heavy (non-hydrogen) atoms. The van der Waals surface area contributed by atoms with Crippen LogP contribution in [0.15, 0.2) is 11.0 Å². The minimum atomic E-state index is -4.15. The number of primary sulfonamides is 1. The first kappa shape index (κ1) is 13.2. The third kappa shape index (κ3) is 2.63. The van der Waals surface area contributed by atoms with E-state index in [-0.39, 0.29) is 3.57 Å². The first-order chi connectivity index (χ1) is 7.27. The number of pyridine rings is 1. The van der Waals surface area contributed by atoms with Gasteiger partial charge in [0.25, 0.3) is 6.43 Å². The van der Waals surface area contributed by atoms with Crippen LogP contribution in [0.1, 0.15) is 17.8 Å². The van der Waals surface area contributed by atoms with Gasteiger partial charge in [0.1, 0.15) is 16.7 Å². The Kier molecular flexibility index (Phi) is 3.76. The van der Waals surface area contributed by atoms with Crippen molar-refractivity contribution in [2.75, 3.05) is 0 Å². The highest BCUT2D eigenvalue weighted by Crippen LogP contribution is 2.25. The smallest absolute Gasteiger partial charge is 0.234 e. The van der Waals surface area contributed by atoms with Gasteiger partial charge in [0.2, 0.25) is 10.0 Å². The molecule has 5 nitrogen and oxygen atoms in total. The molecular formula is C7H4F2IN3O2S. The van der Waals surface area contributed by atoms with E-state index in [0.717, 1.165) is 6.07 Å². The monoisotopic (exact) mass is 359 g/mol. The molecule has 1 heterocycles. The summed E-state index contributed by atoms with van der Waals surface area (Å²) in [5, 5.41) is 13.4. The first-order valence-corrected chi connectivity index (χ1v) is 6.31. The topological polar surface area (TPSA) is 96.8 Å². The Hall–Kier alpha value is -0.860. The van der Waals surface area contributed by atoms with Gasteiger partial charge in [-0.25, -0.2) is 27.3 Å². The van der Waals surface area contributed by atoms with Crippen molar-refractivity contribution < 1.29 is 17.2 Å². The molecule has 0 bridgehead atoms. The van der Waals surface area contributed by atoms with Crippen LogP contribution in [0, 0.1) is 14.9 Å². The number of alkyl halides is 2. The number of nitrogens with two attached hydrogens (primary N) is 1. The van der Waals surface area contributed by atoms with Gasteiger partial charge in [-0.3, -0.25) is 0 Å². The summed E-state index contributed by atoms with van der Waals surface area (Å²) in [4.78, 5) is 2.73. The number of rotatable bonds is 2. The molecule has 0 fully saturated rings. The van der Waals surface area contributed by atoms with Crippen molar-refractivity contribution >= 4 is 32.6 Å². The average Bonchev–Trinajstić information content (AvgIpc) is 2.15. The van der Waals surface area contributed by atoms with Gasteiger partial charge in [-0.15, -0.1) is 0 Å². The second-order valence-electron chi connectivity index (χ2n) is 2.66. The number of hydrogen-bond acceptors (Lipinski definition) is 4. The van der Waals surface area contributed by atoms with Crippen LogP contribution in [-0.2, 0) is 10.0 Å². The lowest BCUT2D eigenvalue weighted by molar-refractivity contribution is 0.145. The normalized spacial score (nSPS) is 11.5. The van der Waals surface area contributed by atoms with Crippen LogP contribution in [0.25, 0.3) is 0 Å². The summed E-state index contributed by atoms with van der Waals surface area (Å²) in [5.74, 6) is 0. The molecule has 0 unspecified atom stereocenters. The minimum absolute atomic E-state index is 0.0596. The molecule has 0 aliphatic rings. The standard InChI is InChI=1S/C7H4F2IN3O2S/c8-7(9)6-3(10)1-5(16(12,14)15)4(2-11)13-6/h1,7H,(H2,12,14,15). The molecule has 0 spiro atoms. The van der Waals surface area contributed by atoms with E-state index >= 15 is 0 Å². The predicted molar refractivity (Wildman–Crippen MR) is 58.0 cm³/mol. The lowest BCUT2D eigenvalue weighted by Gasteiger charge is -2.06. The van der Waals surface area contributed by atoms with E-state index in [1.54, 1.807) is 0 Å². The average molecular weight is 359 g/mol. The Balaban J connectivity index is 3.59. The van der Waals surface area contributed by atoms with Crippen LogP contribution in [0.3, 0.4) is 0 Å². The van der Waals surface area contributed by atoms with Crippen molar-refractivity contribution in [1.82, 2.24) is 4.98 Å². The molecule has 9 heteroatoms. The maximum absolute atomic E-state index is 12.4. The highest BCUT2D eigenvalue weighted by atomic mass is 127. The Morgan fingerprint density at radius 1 is 1.56 bits per heavy atom. The van der Waals surface area contributed by atoms with Crippen LogP contribution < -0.4 is 5.14 Å². The molecular weight excluding hydrogens is 355 g/mol. The molecule has 0 aliphatic carbocycles. The maximum Gasteiger partial charge on any atom is 0.281 e. The highest BCUT2D eigenvalue weighted by Gasteiger charge is 2.22. The zero-order chi connectivity index (χ0) is 12.5. The molecule has 1 rings (SSSR count). The summed E-state index contributed by atoms with van der Waals surface area (Å²) >= 11 is 1.50. The van der Waals surface area contributed by atoms with Crippen molar-refractivity contribution in [3.63, 3.8) is 0 Å². The fraction of sp³-hybridized carbons (Fsp3) is 0.143. The van der Waals surface area contributed by atoms with E-state index in [1.165, 1.54) is 28.7 Å². The Bertz CT molecular complexity index is 568. The van der Waals surface area contributed by atoms with Crippen LogP contribution in [0.4, 0.5) is 8.78 Å². The summed E-state index contributed by atoms with van der Waals surface area (Å²) < 4.78 is 46.9. The number of nitrogens with zero attached hydrogens (tertiary/aromatic N) is 2. The van der Waals surface area contributed by atoms with Gasteiger partial charge in [-0.05, 0) is 28.7 Å². The molecule has 0 amide bonds. The zero-order valence-corrected chi connectivity index (χ0v) is 10.5. The number of hydrogen-bond donors (Lipinski definition) is 1. The minimum Gasteiger partial charge on any atom is -0.234 e. The molecule has 1 aromatic rings. The summed E-state index contributed by atoms with van der Waals surface area (Å²) in [6.45, 7) is 0. The Morgan fingerprint density at radius 2 is 2.12 bits per heavy atom. The molecule has 0 radical (unpaired) electrons. The predicted octanol–water partition coefficient (Wildman–Crippen LogP) is 1.14. The third-order valence-corrected chi connectivity index (χ3v) is 3.38. The van der Waals surface area contributed by atoms with E-state index in [1.807, 2.05) is 0 Å². The number of nitriles is 1. The van der Waals surface area contributed by atoms with Crippen LogP contribution in [0.5, 0.6) is 0 Å². The lowest BCUT2D eigenvalue weighted by Crippen LogP contribution is -2.16. The zero-order valence-electron chi connectivity index (χ0n) is 7.49. The van der Waals surface area contributed by atoms with Crippen molar-refractivity contribution in [1.29, 1.82) is 5.26 Å². The van der Waals surface area contributed by atoms with Gasteiger partial charge in [0.15, 0.2) is 5.69 Å². The first-order valence-electron chi connectivity index (χ1n) is 3.69. The Morgan fingerprint density at radius 3 is 2.50 bits per heavy atom. The van der Waals surface area contributed by atoms with Gasteiger partial charge in [-0.2, -0.15) is 5.26 Å². The van der Waals surface area contributed by atoms with E-state index in [9.17, 15) is 17.2 Å². The lowest BCUT2D eigenvalue weighted by atomic mass is 10.3. The summed E-state index contributed by atoms with van der Waals surface area (Å²) in [6.07, 6.45) is -2.88. The van der Waals surface area contributed by atoms with Crippen LogP contribution >= 0.6 is 22.6 Å². The van der Waals surface area contributed by atoms with E-state index in [4.69, 9.17) is 10.4 Å². The number of aromatic nitrogens is 1. The fourth-order valence-electron chi connectivity index (χ4n) is 0.936. The van der Waals surface area contributed by atoms with Crippen molar-refractivity contribution in [2.24, 2.45) is 5.14 Å². The van der Waals surface area contributed by atoms with Crippen molar-refractivity contribution in [3.05, 3.63) is 21.0 Å². The van der Waals surface area contributed by atoms with Crippen LogP contribution in [-0.4, -0.2) is 13.4 Å². The summed E-state index contributed by atoms with van der Waals surface area (Å²) in [7, 11) is -4.15. The highest BCUT2D eigenvalue weighted by molar-refractivity contribution is 14.1. The van der Waals surface area contributed by atoms with E-state index < -0.39 is 32.7 Å². The van der Waals surface area contributed by atoms with Gasteiger partial charge in [-0.1, -0.05) is 0 Å². The summed E-state index contributed by atoms with van der Waals surface area (Å²) in [6, 6.07) is 2.32. The largest absolute Gasteiger partial charge is 0.281 e. The van der Waals surface area contributed by atoms with Crippen molar-refractivity contribution in [3.8, 4) is 6.07 Å². The fourth-order valence-corrected chi connectivity index (χ4v) is 2.46. The van der Waals surface area contributed by atoms with Gasteiger partial charge in [0.05, 0.1) is 0 Å². The summed E-state index contributed by atoms with van der Waals surface area (Å²) in [5.41, 5.74) is -1.26. The van der Waals surface area contributed by atoms with Crippen LogP contribution in [0.2, 0.25) is 0 Å². The molecule has 0 aliphatic heterocycles. The third-order valence-electron chi connectivity index (χ3n) is 1.59. The van der Waals surface area contributed by atoms with Gasteiger partial charge in [0, 0.05) is 3.57 Å². The molecule has 2 N–H and O–H groups in total. The second-order valence-corrected chi connectivity index (χ2v) is 5.35. The SMILES string of the molecule is N#Cc1nc(C(F)F)c(I)cc1S(N)(=O)=O. The van der Waals surface area contributed by atoms with E-state index in [2.05, 4.69) is 4.98 Å². The molecule has 1 aromatic heterocycles.